The van der Waals surface area contributed by atoms with Gasteiger partial charge in [0.1, 0.15) is 18.7 Å². The van der Waals surface area contributed by atoms with Gasteiger partial charge >= 0.3 is 12.1 Å². The van der Waals surface area contributed by atoms with E-state index in [2.05, 4.69) is 17.4 Å². The van der Waals surface area contributed by atoms with E-state index in [0.717, 1.165) is 22.3 Å². The SMILES string of the molecule is CCC(C)(NC(=O)OCC1c2ccccc2-c2ccccc21)C(=O)N1CCN(CC(=O)O)C(=O)C1. The van der Waals surface area contributed by atoms with E-state index in [0.29, 0.717) is 6.42 Å². The molecule has 9 nitrogen and oxygen atoms in total. The van der Waals surface area contributed by atoms with E-state index < -0.39 is 36.0 Å². The molecule has 9 heteroatoms. The van der Waals surface area contributed by atoms with Crippen molar-refractivity contribution < 1.29 is 29.0 Å². The summed E-state index contributed by atoms with van der Waals surface area (Å²) in [4.78, 5) is 51.8. The van der Waals surface area contributed by atoms with Crippen LogP contribution in [0.25, 0.3) is 11.1 Å². The van der Waals surface area contributed by atoms with Gasteiger partial charge < -0.3 is 25.0 Å². The maximum Gasteiger partial charge on any atom is 0.408 e. The van der Waals surface area contributed by atoms with Crippen molar-refractivity contribution in [1.82, 2.24) is 15.1 Å². The van der Waals surface area contributed by atoms with E-state index in [9.17, 15) is 19.2 Å². The number of nitrogens with one attached hydrogen (secondary N) is 1. The third-order valence-corrected chi connectivity index (χ3v) is 6.83. The number of nitrogens with zero attached hydrogens (tertiary/aromatic N) is 2. The molecule has 0 radical (unpaired) electrons. The molecule has 2 aromatic carbocycles. The Morgan fingerprint density at radius 2 is 1.66 bits per heavy atom. The van der Waals surface area contributed by atoms with Gasteiger partial charge in [-0.2, -0.15) is 0 Å². The highest BCUT2D eigenvalue weighted by Crippen LogP contribution is 2.44. The fourth-order valence-corrected chi connectivity index (χ4v) is 4.71. The van der Waals surface area contributed by atoms with Crippen LogP contribution in [0.15, 0.2) is 48.5 Å². The number of carboxylic acids is 1. The molecule has 2 aliphatic rings. The Bertz CT molecular complexity index is 1120. The number of aliphatic carboxylic acids is 1. The average molecular weight is 480 g/mol. The van der Waals surface area contributed by atoms with E-state index in [1.807, 2.05) is 36.4 Å². The van der Waals surface area contributed by atoms with Gasteiger partial charge in [0.25, 0.3) is 0 Å². The Labute approximate surface area is 203 Å². The number of carboxylic acid groups (broad SMARTS) is 1. The number of carbonyl (C=O) groups is 4. The van der Waals surface area contributed by atoms with Crippen molar-refractivity contribution in [3.63, 3.8) is 0 Å². The van der Waals surface area contributed by atoms with Crippen LogP contribution in [-0.2, 0) is 19.1 Å². The molecule has 0 bridgehead atoms. The Balaban J connectivity index is 1.39. The molecule has 0 aromatic heterocycles. The van der Waals surface area contributed by atoms with Crippen LogP contribution in [0.3, 0.4) is 0 Å². The lowest BCUT2D eigenvalue weighted by Crippen LogP contribution is -2.62. The Kier molecular flexibility index (Phi) is 6.77. The molecule has 35 heavy (non-hydrogen) atoms. The van der Waals surface area contributed by atoms with Gasteiger partial charge in [0, 0.05) is 19.0 Å². The zero-order valence-electron chi connectivity index (χ0n) is 19.8. The quantitative estimate of drug-likeness (QED) is 0.630. The largest absolute Gasteiger partial charge is 0.480 e. The van der Waals surface area contributed by atoms with Crippen molar-refractivity contribution in [3.05, 3.63) is 59.7 Å². The summed E-state index contributed by atoms with van der Waals surface area (Å²) in [6.07, 6.45) is -0.417. The summed E-state index contributed by atoms with van der Waals surface area (Å²) in [7, 11) is 0. The van der Waals surface area contributed by atoms with Gasteiger partial charge in [-0.25, -0.2) is 4.79 Å². The lowest BCUT2D eigenvalue weighted by atomic mass is 9.96. The van der Waals surface area contributed by atoms with Crippen molar-refractivity contribution in [2.24, 2.45) is 0 Å². The first-order valence-corrected chi connectivity index (χ1v) is 11.7. The van der Waals surface area contributed by atoms with Gasteiger partial charge in [-0.15, -0.1) is 0 Å². The number of amides is 3. The Morgan fingerprint density at radius 1 is 1.06 bits per heavy atom. The standard InChI is InChI=1S/C26H29N3O6/c1-3-26(2,24(33)29-13-12-28(15-23(31)32)22(30)14-29)27-25(34)35-16-21-19-10-6-4-8-17(19)18-9-5-7-11-20(18)21/h4-11,21H,3,12-16H2,1-2H3,(H,27,34)(H,31,32). The molecule has 1 fully saturated rings. The number of carbonyl (C=O) groups excluding carboxylic acids is 3. The summed E-state index contributed by atoms with van der Waals surface area (Å²) in [6, 6.07) is 16.1. The van der Waals surface area contributed by atoms with Crippen LogP contribution in [0.5, 0.6) is 0 Å². The molecule has 1 aliphatic carbocycles. The van der Waals surface area contributed by atoms with Crippen molar-refractivity contribution in [2.75, 3.05) is 32.8 Å². The summed E-state index contributed by atoms with van der Waals surface area (Å²) in [6.45, 7) is 3.19. The minimum Gasteiger partial charge on any atom is -0.480 e. The van der Waals surface area contributed by atoms with Gasteiger partial charge in [-0.05, 0) is 35.6 Å². The molecule has 1 heterocycles. The highest BCUT2D eigenvalue weighted by molar-refractivity contribution is 5.93. The molecule has 1 aliphatic heterocycles. The molecule has 0 saturated carbocycles. The first kappa shape index (κ1) is 24.3. The number of hydrogen-bond donors (Lipinski definition) is 2. The highest BCUT2D eigenvalue weighted by Gasteiger charge is 2.40. The molecule has 1 saturated heterocycles. The number of alkyl carbamates (subject to hydrolysis) is 1. The first-order valence-electron chi connectivity index (χ1n) is 11.7. The molecular formula is C26H29N3O6. The zero-order chi connectivity index (χ0) is 25.2. The van der Waals surface area contributed by atoms with E-state index in [1.54, 1.807) is 13.8 Å². The third kappa shape index (κ3) is 4.84. The Morgan fingerprint density at radius 3 is 2.20 bits per heavy atom. The highest BCUT2D eigenvalue weighted by atomic mass is 16.5. The van der Waals surface area contributed by atoms with Crippen LogP contribution in [-0.4, -0.2) is 77.1 Å². The normalized spacial score (nSPS) is 16.8. The molecule has 3 amide bonds. The molecule has 2 aromatic rings. The summed E-state index contributed by atoms with van der Waals surface area (Å²) in [5, 5.41) is 11.6. The van der Waals surface area contributed by atoms with Gasteiger partial charge in [0.15, 0.2) is 0 Å². The molecule has 2 N–H and O–H groups in total. The third-order valence-electron chi connectivity index (χ3n) is 6.83. The average Bonchev–Trinajstić information content (AvgIpc) is 3.17. The van der Waals surface area contributed by atoms with Gasteiger partial charge in [-0.3, -0.25) is 14.4 Å². The molecule has 0 spiro atoms. The van der Waals surface area contributed by atoms with Crippen LogP contribution >= 0.6 is 0 Å². The molecule has 1 unspecified atom stereocenters. The number of fused-ring (bicyclic) bond motifs is 3. The fourth-order valence-electron chi connectivity index (χ4n) is 4.71. The first-order chi connectivity index (χ1) is 16.7. The van der Waals surface area contributed by atoms with Gasteiger partial charge in [0.05, 0.1) is 6.54 Å². The zero-order valence-corrected chi connectivity index (χ0v) is 19.8. The minimum atomic E-state index is -1.27. The lowest BCUT2D eigenvalue weighted by molar-refractivity contribution is -0.152. The summed E-state index contributed by atoms with van der Waals surface area (Å²) in [5.74, 6) is -2.05. The summed E-state index contributed by atoms with van der Waals surface area (Å²) >= 11 is 0. The van der Waals surface area contributed by atoms with Gasteiger partial charge in [-0.1, -0.05) is 55.5 Å². The van der Waals surface area contributed by atoms with Crippen molar-refractivity contribution in [1.29, 1.82) is 0 Å². The predicted octanol–water partition coefficient (Wildman–Crippen LogP) is 2.45. The topological polar surface area (TPSA) is 116 Å². The predicted molar refractivity (Wildman–Crippen MR) is 128 cm³/mol. The minimum absolute atomic E-state index is 0.100. The van der Waals surface area contributed by atoms with Crippen LogP contribution in [0, 0.1) is 0 Å². The van der Waals surface area contributed by atoms with Crippen LogP contribution in [0.1, 0.15) is 37.3 Å². The fraction of sp³-hybridized carbons (Fsp3) is 0.385. The Hall–Kier alpha value is -3.88. The van der Waals surface area contributed by atoms with E-state index in [-0.39, 0.29) is 32.2 Å². The molecular weight excluding hydrogens is 450 g/mol. The molecule has 184 valence electrons. The number of ether oxygens (including phenoxy) is 1. The smallest absolute Gasteiger partial charge is 0.408 e. The number of rotatable bonds is 7. The number of piperazine rings is 1. The van der Waals surface area contributed by atoms with Crippen molar-refractivity contribution >= 4 is 23.9 Å². The van der Waals surface area contributed by atoms with Crippen molar-refractivity contribution in [3.8, 4) is 11.1 Å². The maximum absolute atomic E-state index is 13.2. The molecule has 1 atom stereocenters. The second kappa shape index (κ2) is 9.77. The van der Waals surface area contributed by atoms with Crippen LogP contribution in [0.2, 0.25) is 0 Å². The summed E-state index contributed by atoms with van der Waals surface area (Å²) < 4.78 is 5.60. The monoisotopic (exact) mass is 479 g/mol. The van der Waals surface area contributed by atoms with E-state index in [4.69, 9.17) is 9.84 Å². The van der Waals surface area contributed by atoms with E-state index in [1.165, 1.54) is 9.80 Å². The number of benzene rings is 2. The lowest BCUT2D eigenvalue weighted by Gasteiger charge is -2.38. The van der Waals surface area contributed by atoms with Crippen LogP contribution < -0.4 is 5.32 Å². The second-order valence-electron chi connectivity index (χ2n) is 9.07. The van der Waals surface area contributed by atoms with Crippen LogP contribution in [0.4, 0.5) is 4.79 Å². The molecule has 4 rings (SSSR count). The second-order valence-corrected chi connectivity index (χ2v) is 9.07. The number of hydrogen-bond acceptors (Lipinski definition) is 5. The summed E-state index contributed by atoms with van der Waals surface area (Å²) in [5.41, 5.74) is 3.16. The van der Waals surface area contributed by atoms with E-state index >= 15 is 0 Å². The maximum atomic E-state index is 13.2. The van der Waals surface area contributed by atoms with Gasteiger partial charge in [0.2, 0.25) is 11.8 Å². The van der Waals surface area contributed by atoms with Crippen molar-refractivity contribution in [2.45, 2.75) is 31.7 Å².